The summed E-state index contributed by atoms with van der Waals surface area (Å²) in [6.07, 6.45) is 0. The number of furan rings is 1. The van der Waals surface area contributed by atoms with Crippen molar-refractivity contribution >= 4 is 56.1 Å². The van der Waals surface area contributed by atoms with E-state index >= 15 is 0 Å². The molecule has 0 amide bonds. The van der Waals surface area contributed by atoms with Gasteiger partial charge in [-0.2, -0.15) is 0 Å². The lowest BCUT2D eigenvalue weighted by Gasteiger charge is -2.43. The maximum Gasteiger partial charge on any atom is 0.135 e. The highest BCUT2D eigenvalue weighted by Crippen LogP contribution is 2.57. The van der Waals surface area contributed by atoms with Crippen molar-refractivity contribution in [2.24, 2.45) is 0 Å². The first-order valence-electron chi connectivity index (χ1n) is 17.9. The molecule has 0 radical (unpaired) electrons. The van der Waals surface area contributed by atoms with Crippen molar-refractivity contribution in [3.63, 3.8) is 0 Å². The van der Waals surface area contributed by atoms with Crippen molar-refractivity contribution < 1.29 is 4.42 Å². The molecule has 3 nitrogen and oxygen atoms in total. The predicted octanol–water partition coefficient (Wildman–Crippen LogP) is 13.5. The van der Waals surface area contributed by atoms with Crippen LogP contribution in [0.15, 0.2) is 162 Å². The lowest BCUT2D eigenvalue weighted by molar-refractivity contribution is 0.634. The van der Waals surface area contributed by atoms with Gasteiger partial charge in [0.05, 0.1) is 11.4 Å². The molecule has 2 aliphatic rings. The van der Waals surface area contributed by atoms with Crippen molar-refractivity contribution in [3.8, 4) is 11.1 Å². The van der Waals surface area contributed by atoms with Crippen LogP contribution in [0.25, 0.3) is 33.1 Å². The molecular formula is C48H38N2O. The number of fused-ring (bicyclic) bond motifs is 9. The second-order valence-electron chi connectivity index (χ2n) is 15.0. The molecule has 0 bridgehead atoms. The van der Waals surface area contributed by atoms with Crippen LogP contribution in [0.1, 0.15) is 49.9 Å². The van der Waals surface area contributed by atoms with E-state index in [1.54, 1.807) is 0 Å². The average molecular weight is 659 g/mol. The van der Waals surface area contributed by atoms with Crippen LogP contribution in [0.5, 0.6) is 0 Å². The minimum atomic E-state index is -0.345. The van der Waals surface area contributed by atoms with Crippen LogP contribution >= 0.6 is 0 Å². The summed E-state index contributed by atoms with van der Waals surface area (Å²) in [5, 5.41) is 2.34. The van der Waals surface area contributed by atoms with E-state index in [2.05, 4.69) is 195 Å². The molecular weight excluding hydrogens is 621 g/mol. The third-order valence-electron chi connectivity index (χ3n) is 11.4. The molecule has 1 aliphatic heterocycles. The number of para-hydroxylation sites is 3. The second kappa shape index (κ2) is 10.7. The number of nitrogens with zero attached hydrogens (tertiary/aromatic N) is 2. The molecule has 10 rings (SSSR count). The fourth-order valence-corrected chi connectivity index (χ4v) is 8.96. The quantitative estimate of drug-likeness (QED) is 0.188. The second-order valence-corrected chi connectivity index (χ2v) is 15.0. The zero-order chi connectivity index (χ0) is 34.5. The maximum absolute atomic E-state index is 6.47. The Morgan fingerprint density at radius 3 is 1.90 bits per heavy atom. The van der Waals surface area contributed by atoms with Crippen LogP contribution < -0.4 is 9.80 Å². The molecule has 1 aliphatic carbocycles. The zero-order valence-corrected chi connectivity index (χ0v) is 29.3. The summed E-state index contributed by atoms with van der Waals surface area (Å²) in [5.41, 5.74) is 16.3. The smallest absolute Gasteiger partial charge is 0.135 e. The van der Waals surface area contributed by atoms with Gasteiger partial charge in [-0.05, 0) is 106 Å². The summed E-state index contributed by atoms with van der Waals surface area (Å²) >= 11 is 0. The van der Waals surface area contributed by atoms with Crippen molar-refractivity contribution in [3.05, 3.63) is 180 Å². The van der Waals surface area contributed by atoms with Gasteiger partial charge in [-0.1, -0.05) is 113 Å². The first-order chi connectivity index (χ1) is 24.8. The number of rotatable bonds is 4. The average Bonchev–Trinajstić information content (AvgIpc) is 3.65. The summed E-state index contributed by atoms with van der Waals surface area (Å²) in [7, 11) is 0. The Morgan fingerprint density at radius 2 is 1.10 bits per heavy atom. The molecule has 1 aromatic heterocycles. The Bertz CT molecular complexity index is 2650. The Hall–Kier alpha value is -6.06. The fourth-order valence-electron chi connectivity index (χ4n) is 8.96. The van der Waals surface area contributed by atoms with Gasteiger partial charge in [0.15, 0.2) is 0 Å². The van der Waals surface area contributed by atoms with Crippen molar-refractivity contribution in [2.45, 2.75) is 38.5 Å². The molecule has 2 heterocycles. The minimum Gasteiger partial charge on any atom is -0.456 e. The Morgan fingerprint density at radius 1 is 0.471 bits per heavy atom. The van der Waals surface area contributed by atoms with E-state index in [1.807, 2.05) is 0 Å². The van der Waals surface area contributed by atoms with Gasteiger partial charge in [0, 0.05) is 44.4 Å². The van der Waals surface area contributed by atoms with E-state index in [9.17, 15) is 0 Å². The summed E-state index contributed by atoms with van der Waals surface area (Å²) in [6, 6.07) is 57.3. The van der Waals surface area contributed by atoms with Crippen LogP contribution in [0.4, 0.5) is 34.1 Å². The first-order valence-corrected chi connectivity index (χ1v) is 17.9. The molecule has 3 heteroatoms. The summed E-state index contributed by atoms with van der Waals surface area (Å²) < 4.78 is 6.47. The van der Waals surface area contributed by atoms with E-state index in [4.69, 9.17) is 4.42 Å². The molecule has 51 heavy (non-hydrogen) atoms. The van der Waals surface area contributed by atoms with Crippen molar-refractivity contribution in [2.75, 3.05) is 9.80 Å². The molecule has 246 valence electrons. The molecule has 0 saturated heterocycles. The number of anilines is 6. The van der Waals surface area contributed by atoms with Gasteiger partial charge in [-0.3, -0.25) is 0 Å². The molecule has 0 atom stereocenters. The standard InChI is InChI=1S/C48H38N2O/c1-47(2)38-21-13-11-19-35(38)36-25-23-33(29-39(36)47)49(31-15-7-5-8-16-31)34-24-26-41-40(30-34)48(3,4)46-42(50(41)32-17-9-6-10-18-32)27-28-44-45(46)37-20-12-14-22-43(37)51-44/h5-30H,1-4H3. The molecule has 8 aromatic rings. The summed E-state index contributed by atoms with van der Waals surface area (Å²) in [5.74, 6) is 0. The van der Waals surface area contributed by atoms with Gasteiger partial charge in [-0.25, -0.2) is 0 Å². The Kier molecular flexibility index (Phi) is 6.27. The molecule has 0 fully saturated rings. The number of benzene rings is 7. The fraction of sp³-hybridized carbons (Fsp3) is 0.125. The van der Waals surface area contributed by atoms with Gasteiger partial charge in [0.25, 0.3) is 0 Å². The summed E-state index contributed by atoms with van der Waals surface area (Å²) in [4.78, 5) is 4.86. The van der Waals surface area contributed by atoms with E-state index in [1.165, 1.54) is 50.1 Å². The van der Waals surface area contributed by atoms with Gasteiger partial charge in [-0.15, -0.1) is 0 Å². The monoisotopic (exact) mass is 658 g/mol. The molecule has 0 saturated carbocycles. The summed E-state index contributed by atoms with van der Waals surface area (Å²) in [6.45, 7) is 9.46. The molecule has 0 spiro atoms. The van der Waals surface area contributed by atoms with Crippen LogP contribution in [0, 0.1) is 0 Å². The lowest BCUT2D eigenvalue weighted by Crippen LogP contribution is -2.31. The first kappa shape index (κ1) is 29.8. The molecule has 0 N–H and O–H groups in total. The highest BCUT2D eigenvalue weighted by atomic mass is 16.3. The van der Waals surface area contributed by atoms with Crippen LogP contribution in [-0.2, 0) is 10.8 Å². The van der Waals surface area contributed by atoms with Crippen LogP contribution in [0.3, 0.4) is 0 Å². The van der Waals surface area contributed by atoms with E-state index < -0.39 is 0 Å². The number of hydrogen-bond acceptors (Lipinski definition) is 3. The van der Waals surface area contributed by atoms with E-state index in [0.29, 0.717) is 0 Å². The Balaban J connectivity index is 1.21. The lowest BCUT2D eigenvalue weighted by atomic mass is 9.71. The number of hydrogen-bond donors (Lipinski definition) is 0. The van der Waals surface area contributed by atoms with Crippen LogP contribution in [-0.4, -0.2) is 0 Å². The SMILES string of the molecule is CC1(C)c2ccccc2-c2ccc(N(c3ccccc3)c3ccc4c(c3)C(C)(C)c3c(ccc5oc6ccccc6c35)N4c3ccccc3)cc21. The van der Waals surface area contributed by atoms with E-state index in [-0.39, 0.29) is 10.8 Å². The van der Waals surface area contributed by atoms with Crippen LogP contribution in [0.2, 0.25) is 0 Å². The van der Waals surface area contributed by atoms with E-state index in [0.717, 1.165) is 39.3 Å². The van der Waals surface area contributed by atoms with Crippen molar-refractivity contribution in [1.29, 1.82) is 0 Å². The highest BCUT2D eigenvalue weighted by molar-refractivity contribution is 6.11. The zero-order valence-electron chi connectivity index (χ0n) is 29.3. The third kappa shape index (κ3) is 4.24. The Labute approximate surface area is 299 Å². The van der Waals surface area contributed by atoms with Gasteiger partial charge < -0.3 is 14.2 Å². The topological polar surface area (TPSA) is 19.6 Å². The normalized spacial score (nSPS) is 14.9. The maximum atomic E-state index is 6.47. The highest BCUT2D eigenvalue weighted by Gasteiger charge is 2.40. The molecule has 0 unspecified atom stereocenters. The van der Waals surface area contributed by atoms with Gasteiger partial charge >= 0.3 is 0 Å². The third-order valence-corrected chi connectivity index (χ3v) is 11.4. The largest absolute Gasteiger partial charge is 0.456 e. The van der Waals surface area contributed by atoms with Gasteiger partial charge in [0.2, 0.25) is 0 Å². The predicted molar refractivity (Wildman–Crippen MR) is 213 cm³/mol. The van der Waals surface area contributed by atoms with Gasteiger partial charge in [0.1, 0.15) is 11.2 Å². The minimum absolute atomic E-state index is 0.0965. The van der Waals surface area contributed by atoms with Crippen molar-refractivity contribution in [1.82, 2.24) is 0 Å². The molecule has 7 aromatic carbocycles.